The van der Waals surface area contributed by atoms with Crippen molar-refractivity contribution in [2.24, 2.45) is 16.2 Å². The monoisotopic (exact) mass is 840 g/mol. The molecule has 0 spiro atoms. The number of imide groups is 2. The lowest BCUT2D eigenvalue weighted by Crippen LogP contribution is -2.47. The number of carboxylic acids is 1. The first-order valence-electron chi connectivity index (χ1n) is 20.6. The van der Waals surface area contributed by atoms with Crippen molar-refractivity contribution in [2.45, 2.75) is 150 Å². The second-order valence-corrected chi connectivity index (χ2v) is 14.7. The summed E-state index contributed by atoms with van der Waals surface area (Å²) in [5, 5.41) is 18.1. The molecule has 0 aromatic carbocycles. The van der Waals surface area contributed by atoms with E-state index in [2.05, 4.69) is 0 Å². The van der Waals surface area contributed by atoms with Gasteiger partial charge in [0, 0.05) is 25.7 Å². The van der Waals surface area contributed by atoms with Gasteiger partial charge in [0.1, 0.15) is 0 Å². The Morgan fingerprint density at radius 1 is 0.458 bits per heavy atom. The number of carboxylic acid groups (broad SMARTS) is 1. The SMILES string of the molecule is CCOC(=O)C1(C(=O)O)CCCCC1.CCOC(=O)C1(C(=O)OCC)CCCCC1.CCOC(=O)C1(C(=O)ON2C(=O)CCC2=O)CCCCC1.O=C1CCC(=O)N1O. The van der Waals surface area contributed by atoms with Crippen molar-refractivity contribution in [3.05, 3.63) is 0 Å². The van der Waals surface area contributed by atoms with Gasteiger partial charge in [-0.15, -0.1) is 5.06 Å². The lowest BCUT2D eigenvalue weighted by molar-refractivity contribution is -0.210. The molecule has 19 heteroatoms. The summed E-state index contributed by atoms with van der Waals surface area (Å²) in [6.07, 6.45) is 10.7. The van der Waals surface area contributed by atoms with Crippen molar-refractivity contribution < 1.29 is 82.0 Å². The maximum atomic E-state index is 12.4. The molecule has 5 fully saturated rings. The molecule has 59 heavy (non-hydrogen) atoms. The predicted molar refractivity (Wildman–Crippen MR) is 201 cm³/mol. The van der Waals surface area contributed by atoms with E-state index in [1.807, 2.05) is 0 Å². The number of aliphatic carboxylic acids is 1. The Balaban J connectivity index is 0.000000284. The van der Waals surface area contributed by atoms with Crippen LogP contribution < -0.4 is 0 Å². The number of ether oxygens (including phenoxy) is 4. The van der Waals surface area contributed by atoms with Crippen LogP contribution in [0.2, 0.25) is 0 Å². The van der Waals surface area contributed by atoms with Gasteiger partial charge < -0.3 is 28.9 Å². The van der Waals surface area contributed by atoms with E-state index in [0.29, 0.717) is 69.6 Å². The molecule has 3 saturated carbocycles. The number of hydrogen-bond donors (Lipinski definition) is 2. The average molecular weight is 841 g/mol. The van der Waals surface area contributed by atoms with Gasteiger partial charge in [-0.3, -0.25) is 48.4 Å². The molecular weight excluding hydrogens is 780 g/mol. The Labute approximate surface area is 343 Å². The van der Waals surface area contributed by atoms with Gasteiger partial charge in [-0.05, 0) is 66.2 Å². The Hall–Kier alpha value is -4.94. The maximum absolute atomic E-state index is 12.4. The zero-order valence-electron chi connectivity index (χ0n) is 34.7. The molecule has 4 amide bonds. The fourth-order valence-corrected chi connectivity index (χ4v) is 7.42. The van der Waals surface area contributed by atoms with E-state index < -0.39 is 75.7 Å². The fraction of sp³-hybridized carbons (Fsp3) is 0.750. The number of esters is 4. The molecule has 332 valence electrons. The second kappa shape index (κ2) is 24.2. The third kappa shape index (κ3) is 13.0. The molecule has 2 heterocycles. The van der Waals surface area contributed by atoms with Gasteiger partial charge in [0.05, 0.1) is 26.4 Å². The molecule has 19 nitrogen and oxygen atoms in total. The third-order valence-corrected chi connectivity index (χ3v) is 10.8. The van der Waals surface area contributed by atoms with Crippen molar-refractivity contribution in [3.63, 3.8) is 0 Å². The molecule has 5 aliphatic rings. The minimum Gasteiger partial charge on any atom is -0.480 e. The Bertz CT molecular complexity index is 1470. The highest BCUT2D eigenvalue weighted by molar-refractivity contribution is 6.05. The molecule has 0 unspecified atom stereocenters. The van der Waals surface area contributed by atoms with Crippen molar-refractivity contribution in [1.29, 1.82) is 0 Å². The smallest absolute Gasteiger partial charge is 0.350 e. The Morgan fingerprint density at radius 3 is 1.00 bits per heavy atom. The largest absolute Gasteiger partial charge is 0.480 e. The van der Waals surface area contributed by atoms with Crippen LogP contribution in [-0.4, -0.2) is 106 Å². The first-order valence-corrected chi connectivity index (χ1v) is 20.6. The summed E-state index contributed by atoms with van der Waals surface area (Å²) in [5.41, 5.74) is -3.67. The number of amides is 4. The van der Waals surface area contributed by atoms with Crippen molar-refractivity contribution in [2.75, 3.05) is 26.4 Å². The maximum Gasteiger partial charge on any atom is 0.350 e. The van der Waals surface area contributed by atoms with Crippen molar-refractivity contribution >= 4 is 59.4 Å². The van der Waals surface area contributed by atoms with Crippen LogP contribution in [0.3, 0.4) is 0 Å². The summed E-state index contributed by atoms with van der Waals surface area (Å²) in [4.78, 5) is 120. The van der Waals surface area contributed by atoms with E-state index in [9.17, 15) is 47.9 Å². The van der Waals surface area contributed by atoms with E-state index in [0.717, 1.165) is 44.9 Å². The number of carbonyl (C=O) groups excluding carboxylic acids is 9. The zero-order valence-corrected chi connectivity index (χ0v) is 34.7. The van der Waals surface area contributed by atoms with Gasteiger partial charge in [-0.25, -0.2) is 4.79 Å². The molecule has 0 atom stereocenters. The van der Waals surface area contributed by atoms with Gasteiger partial charge in [-0.1, -0.05) is 57.8 Å². The summed E-state index contributed by atoms with van der Waals surface area (Å²) in [5.74, 6) is -6.02. The first-order chi connectivity index (χ1) is 28.0. The molecule has 0 bridgehead atoms. The summed E-state index contributed by atoms with van der Waals surface area (Å²) < 4.78 is 19.8. The van der Waals surface area contributed by atoms with Crippen LogP contribution in [-0.2, 0) is 71.7 Å². The highest BCUT2D eigenvalue weighted by atomic mass is 16.7. The zero-order chi connectivity index (χ0) is 44.2. The molecule has 0 aromatic rings. The summed E-state index contributed by atoms with van der Waals surface area (Å²) in [7, 11) is 0. The Kier molecular flexibility index (Phi) is 20.6. The number of nitrogens with zero attached hydrogens (tertiary/aromatic N) is 2. The van der Waals surface area contributed by atoms with Gasteiger partial charge in [0.15, 0.2) is 16.2 Å². The second-order valence-electron chi connectivity index (χ2n) is 14.7. The first kappa shape index (κ1) is 50.2. The average Bonchev–Trinajstić information content (AvgIpc) is 3.71. The molecule has 2 saturated heterocycles. The lowest BCUT2D eigenvalue weighted by atomic mass is 9.74. The molecular formula is C40H60N2O17. The molecule has 3 aliphatic carbocycles. The minimum atomic E-state index is -1.39. The van der Waals surface area contributed by atoms with E-state index >= 15 is 0 Å². The van der Waals surface area contributed by atoms with Crippen LogP contribution in [0.5, 0.6) is 0 Å². The molecule has 2 aliphatic heterocycles. The lowest BCUT2D eigenvalue weighted by Gasteiger charge is -2.32. The molecule has 0 aromatic heterocycles. The van der Waals surface area contributed by atoms with Gasteiger partial charge in [-0.2, -0.15) is 5.06 Å². The van der Waals surface area contributed by atoms with Gasteiger partial charge >= 0.3 is 35.8 Å². The molecule has 2 N–H and O–H groups in total. The number of carbonyl (C=O) groups is 10. The number of hydroxylamine groups is 4. The van der Waals surface area contributed by atoms with Gasteiger partial charge in [0.2, 0.25) is 0 Å². The van der Waals surface area contributed by atoms with Crippen LogP contribution in [0.25, 0.3) is 0 Å². The van der Waals surface area contributed by atoms with Crippen LogP contribution in [0.15, 0.2) is 0 Å². The summed E-state index contributed by atoms with van der Waals surface area (Å²) in [6, 6.07) is 0. The number of hydrogen-bond acceptors (Lipinski definition) is 16. The quantitative estimate of drug-likeness (QED) is 0.0966. The highest BCUT2D eigenvalue weighted by Crippen LogP contribution is 2.41. The van der Waals surface area contributed by atoms with Crippen molar-refractivity contribution in [3.8, 4) is 0 Å². The molecule has 5 rings (SSSR count). The van der Waals surface area contributed by atoms with Crippen LogP contribution in [0, 0.1) is 16.2 Å². The predicted octanol–water partition coefficient (Wildman–Crippen LogP) is 4.28. The Morgan fingerprint density at radius 2 is 0.729 bits per heavy atom. The van der Waals surface area contributed by atoms with E-state index in [1.165, 1.54) is 0 Å². The van der Waals surface area contributed by atoms with Crippen molar-refractivity contribution in [1.82, 2.24) is 10.1 Å². The van der Waals surface area contributed by atoms with Gasteiger partial charge in [0.25, 0.3) is 23.6 Å². The summed E-state index contributed by atoms with van der Waals surface area (Å²) in [6.45, 7) is 7.87. The van der Waals surface area contributed by atoms with Crippen LogP contribution in [0.4, 0.5) is 0 Å². The van der Waals surface area contributed by atoms with E-state index in [-0.39, 0.29) is 44.0 Å². The summed E-state index contributed by atoms with van der Waals surface area (Å²) >= 11 is 0. The van der Waals surface area contributed by atoms with E-state index in [4.69, 9.17) is 34.1 Å². The topological polar surface area (TPSA) is 264 Å². The van der Waals surface area contributed by atoms with Crippen LogP contribution >= 0.6 is 0 Å². The standard InChI is InChI=1S/C14H19NO6.C12H20O4.C10H16O4.C4H5NO3/c1-2-20-12(18)14(8-4-3-5-9-14)13(19)21-15-10(16)6-7-11(15)17;1-3-15-10(13)12(11(14)16-4-2)8-6-5-7-9-12;1-2-14-9(13)10(8(11)12)6-4-3-5-7-10;6-3-1-2-4(7)5(3)8/h2-9H2,1H3;3-9H2,1-2H3;2-7H2,1H3,(H,11,12);8H,1-2H2. The van der Waals surface area contributed by atoms with E-state index in [1.54, 1.807) is 27.7 Å². The fourth-order valence-electron chi connectivity index (χ4n) is 7.42. The number of rotatable bonds is 11. The highest BCUT2D eigenvalue weighted by Gasteiger charge is 2.52. The molecule has 0 radical (unpaired) electrons. The van der Waals surface area contributed by atoms with Crippen LogP contribution in [0.1, 0.15) is 150 Å². The normalized spacial score (nSPS) is 20.2. The third-order valence-electron chi connectivity index (χ3n) is 10.8. The minimum absolute atomic E-state index is 0.0263.